The van der Waals surface area contributed by atoms with Gasteiger partial charge in [-0.25, -0.2) is 4.98 Å². The van der Waals surface area contributed by atoms with Crippen LogP contribution in [0.5, 0.6) is 11.5 Å². The van der Waals surface area contributed by atoms with E-state index in [1.807, 2.05) is 20.8 Å². The molecule has 4 N–H and O–H groups in total. The molecule has 2 rings (SSSR count). The molecular formula is C19H26ClN3O3. The Morgan fingerprint density at radius 1 is 1.31 bits per heavy atom. The minimum atomic E-state index is -0.457. The van der Waals surface area contributed by atoms with Crippen LogP contribution in [-0.4, -0.2) is 34.7 Å². The Morgan fingerprint density at radius 2 is 2.04 bits per heavy atom. The Labute approximate surface area is 158 Å². The van der Waals surface area contributed by atoms with Crippen LogP contribution in [0.3, 0.4) is 0 Å². The van der Waals surface area contributed by atoms with Crippen LogP contribution in [-0.2, 0) is 0 Å². The number of aromatic nitrogens is 1. The second kappa shape index (κ2) is 9.05. The van der Waals surface area contributed by atoms with Crippen LogP contribution in [0.1, 0.15) is 50.5 Å². The highest BCUT2D eigenvalue weighted by Gasteiger charge is 2.20. The molecule has 0 unspecified atom stereocenters. The second-order valence-corrected chi connectivity index (χ2v) is 6.99. The van der Waals surface area contributed by atoms with Gasteiger partial charge in [0.15, 0.2) is 11.4 Å². The molecule has 0 aliphatic heterocycles. The standard InChI is InChI=1S/C19H26ClN3O3/c1-11(2)26-13-7-8-14-15(10-13)17(24)16(23-18(14)20)19(25)22-12(3)6-4-5-9-21/h7-8,10-12,24H,4-6,9,21H2,1-3H3,(H,22,25)/t12-/m0/s1. The number of aromatic hydroxyl groups is 1. The molecule has 0 saturated carbocycles. The van der Waals surface area contributed by atoms with Crippen molar-refractivity contribution in [1.29, 1.82) is 0 Å². The molecule has 0 saturated heterocycles. The Kier molecular flexibility index (Phi) is 7.06. The summed E-state index contributed by atoms with van der Waals surface area (Å²) in [4.78, 5) is 16.6. The predicted molar refractivity (Wildman–Crippen MR) is 104 cm³/mol. The minimum Gasteiger partial charge on any atom is -0.505 e. The predicted octanol–water partition coefficient (Wildman–Crippen LogP) is 3.63. The lowest BCUT2D eigenvalue weighted by Crippen LogP contribution is -2.33. The summed E-state index contributed by atoms with van der Waals surface area (Å²) in [6.07, 6.45) is 2.62. The monoisotopic (exact) mass is 379 g/mol. The van der Waals surface area contributed by atoms with Gasteiger partial charge < -0.3 is 20.9 Å². The Bertz CT molecular complexity index is 780. The maximum Gasteiger partial charge on any atom is 0.274 e. The summed E-state index contributed by atoms with van der Waals surface area (Å²) in [7, 11) is 0. The van der Waals surface area contributed by atoms with Crippen molar-refractivity contribution in [3.05, 3.63) is 29.0 Å². The summed E-state index contributed by atoms with van der Waals surface area (Å²) in [6.45, 7) is 6.36. The molecule has 0 aliphatic carbocycles. The van der Waals surface area contributed by atoms with Crippen molar-refractivity contribution in [2.45, 2.75) is 52.2 Å². The second-order valence-electron chi connectivity index (χ2n) is 6.63. The number of nitrogens with one attached hydrogen (secondary N) is 1. The number of rotatable bonds is 8. The van der Waals surface area contributed by atoms with E-state index >= 15 is 0 Å². The molecule has 0 fully saturated rings. The summed E-state index contributed by atoms with van der Waals surface area (Å²) >= 11 is 6.22. The number of benzene rings is 1. The lowest BCUT2D eigenvalue weighted by molar-refractivity contribution is 0.0930. The molecule has 1 heterocycles. The maximum atomic E-state index is 12.5. The first kappa shape index (κ1) is 20.3. The van der Waals surface area contributed by atoms with E-state index in [-0.39, 0.29) is 28.7 Å². The molecule has 26 heavy (non-hydrogen) atoms. The molecule has 1 aromatic carbocycles. The third-order valence-electron chi connectivity index (χ3n) is 3.96. The van der Waals surface area contributed by atoms with Gasteiger partial charge in [0.05, 0.1) is 6.10 Å². The zero-order chi connectivity index (χ0) is 19.3. The lowest BCUT2D eigenvalue weighted by atomic mass is 10.1. The highest BCUT2D eigenvalue weighted by atomic mass is 35.5. The van der Waals surface area contributed by atoms with Crippen LogP contribution >= 0.6 is 11.6 Å². The van der Waals surface area contributed by atoms with E-state index in [2.05, 4.69) is 10.3 Å². The van der Waals surface area contributed by atoms with Crippen molar-refractivity contribution in [3.8, 4) is 11.5 Å². The van der Waals surface area contributed by atoms with E-state index in [1.54, 1.807) is 18.2 Å². The molecule has 7 heteroatoms. The third-order valence-corrected chi connectivity index (χ3v) is 4.25. The van der Waals surface area contributed by atoms with Crippen molar-refractivity contribution in [2.24, 2.45) is 5.73 Å². The van der Waals surface area contributed by atoms with Gasteiger partial charge in [-0.05, 0) is 58.4 Å². The third kappa shape index (κ3) is 4.99. The number of carbonyl (C=O) groups excluding carboxylic acids is 1. The first-order chi connectivity index (χ1) is 12.3. The van der Waals surface area contributed by atoms with Gasteiger partial charge in [-0.3, -0.25) is 4.79 Å². The number of ether oxygens (including phenoxy) is 1. The number of carbonyl (C=O) groups is 1. The van der Waals surface area contributed by atoms with Crippen LogP contribution in [0.25, 0.3) is 10.8 Å². The average Bonchev–Trinajstić information content (AvgIpc) is 2.57. The fraction of sp³-hybridized carbons (Fsp3) is 0.474. The number of fused-ring (bicyclic) bond motifs is 1. The average molecular weight is 380 g/mol. The number of halogens is 1. The first-order valence-electron chi connectivity index (χ1n) is 8.83. The lowest BCUT2D eigenvalue weighted by Gasteiger charge is -2.15. The Morgan fingerprint density at radius 3 is 2.69 bits per heavy atom. The molecule has 0 spiro atoms. The quantitative estimate of drug-likeness (QED) is 0.480. The highest BCUT2D eigenvalue weighted by molar-refractivity contribution is 6.35. The Balaban J connectivity index is 2.29. The molecule has 6 nitrogen and oxygen atoms in total. The smallest absolute Gasteiger partial charge is 0.274 e. The fourth-order valence-electron chi connectivity index (χ4n) is 2.70. The largest absolute Gasteiger partial charge is 0.505 e. The van der Waals surface area contributed by atoms with Crippen LogP contribution in [0.2, 0.25) is 5.15 Å². The van der Waals surface area contributed by atoms with Crippen molar-refractivity contribution in [2.75, 3.05) is 6.54 Å². The molecule has 0 bridgehead atoms. The number of amides is 1. The SMILES string of the molecule is CC(C)Oc1ccc2c(Cl)nc(C(=O)N[C@@H](C)CCCCN)c(O)c2c1. The first-order valence-corrected chi connectivity index (χ1v) is 9.21. The van der Waals surface area contributed by atoms with Crippen molar-refractivity contribution in [1.82, 2.24) is 10.3 Å². The van der Waals surface area contributed by atoms with E-state index in [1.165, 1.54) is 0 Å². The van der Waals surface area contributed by atoms with E-state index in [4.69, 9.17) is 22.1 Å². The van der Waals surface area contributed by atoms with Crippen molar-refractivity contribution >= 4 is 28.3 Å². The number of nitrogens with zero attached hydrogens (tertiary/aromatic N) is 1. The van der Waals surface area contributed by atoms with Gasteiger partial charge in [0.1, 0.15) is 10.9 Å². The fourth-order valence-corrected chi connectivity index (χ4v) is 2.95. The van der Waals surface area contributed by atoms with Gasteiger partial charge >= 0.3 is 0 Å². The number of nitrogens with two attached hydrogens (primary N) is 1. The summed E-state index contributed by atoms with van der Waals surface area (Å²) in [5, 5.41) is 14.6. The molecule has 2 aromatic rings. The van der Waals surface area contributed by atoms with Crippen LogP contribution in [0.4, 0.5) is 0 Å². The molecule has 1 atom stereocenters. The molecular weight excluding hydrogens is 354 g/mol. The number of pyridine rings is 1. The number of hydrogen-bond acceptors (Lipinski definition) is 5. The van der Waals surface area contributed by atoms with E-state index < -0.39 is 5.91 Å². The van der Waals surface area contributed by atoms with Crippen molar-refractivity contribution in [3.63, 3.8) is 0 Å². The number of unbranched alkanes of at least 4 members (excludes halogenated alkanes) is 1. The van der Waals surface area contributed by atoms with Gasteiger partial charge in [0.25, 0.3) is 5.91 Å². The summed E-state index contributed by atoms with van der Waals surface area (Å²) in [5.74, 6) is -0.0708. The normalized spacial score (nSPS) is 12.4. The molecule has 142 valence electrons. The summed E-state index contributed by atoms with van der Waals surface area (Å²) in [6, 6.07) is 5.09. The maximum absolute atomic E-state index is 12.5. The van der Waals surface area contributed by atoms with Gasteiger partial charge in [-0.1, -0.05) is 18.0 Å². The van der Waals surface area contributed by atoms with Gasteiger partial charge in [0, 0.05) is 16.8 Å². The summed E-state index contributed by atoms with van der Waals surface area (Å²) < 4.78 is 5.65. The van der Waals surface area contributed by atoms with Crippen LogP contribution < -0.4 is 15.8 Å². The minimum absolute atomic E-state index is 0.0101. The van der Waals surface area contributed by atoms with Gasteiger partial charge in [0.2, 0.25) is 0 Å². The van der Waals surface area contributed by atoms with Crippen LogP contribution in [0.15, 0.2) is 18.2 Å². The van der Waals surface area contributed by atoms with E-state index in [9.17, 15) is 9.90 Å². The Hall–Kier alpha value is -2.05. The van der Waals surface area contributed by atoms with Gasteiger partial charge in [-0.15, -0.1) is 0 Å². The van der Waals surface area contributed by atoms with Crippen LogP contribution in [0, 0.1) is 0 Å². The topological polar surface area (TPSA) is 97.5 Å². The van der Waals surface area contributed by atoms with E-state index in [0.717, 1.165) is 19.3 Å². The molecule has 1 aromatic heterocycles. The summed E-state index contributed by atoms with van der Waals surface area (Å²) in [5.41, 5.74) is 5.40. The zero-order valence-corrected chi connectivity index (χ0v) is 16.1. The molecule has 1 amide bonds. The molecule has 0 aliphatic rings. The number of hydrogen-bond donors (Lipinski definition) is 3. The highest BCUT2D eigenvalue weighted by Crippen LogP contribution is 2.34. The molecule has 0 radical (unpaired) electrons. The van der Waals surface area contributed by atoms with Gasteiger partial charge in [-0.2, -0.15) is 0 Å². The van der Waals surface area contributed by atoms with Crippen molar-refractivity contribution < 1.29 is 14.6 Å². The zero-order valence-electron chi connectivity index (χ0n) is 15.4. The van der Waals surface area contributed by atoms with E-state index in [0.29, 0.717) is 23.1 Å².